The summed E-state index contributed by atoms with van der Waals surface area (Å²) in [4.78, 5) is 27.7. The van der Waals surface area contributed by atoms with E-state index in [0.29, 0.717) is 11.3 Å². The van der Waals surface area contributed by atoms with Gasteiger partial charge in [0.15, 0.2) is 0 Å². The van der Waals surface area contributed by atoms with Gasteiger partial charge in [-0.25, -0.2) is 0 Å². The lowest BCUT2D eigenvalue weighted by molar-refractivity contribution is -0.117. The van der Waals surface area contributed by atoms with Crippen molar-refractivity contribution in [1.29, 1.82) is 0 Å². The maximum absolute atomic E-state index is 13.0. The third-order valence-electron chi connectivity index (χ3n) is 6.53. The number of anilines is 2. The normalized spacial score (nSPS) is 19.2. The Labute approximate surface area is 190 Å². The molecule has 164 valence electrons. The molecule has 0 fully saturated rings. The highest BCUT2D eigenvalue weighted by Gasteiger charge is 2.48. The fourth-order valence-electron chi connectivity index (χ4n) is 5.22. The molecule has 0 saturated heterocycles. The molecular formula is C28H30N2O2. The summed E-state index contributed by atoms with van der Waals surface area (Å²) in [5.41, 5.74) is 4.71. The standard InChI is InChI=1S/C28H30N2O2/c1-19-14-16-22(17-15-19)28(5)18-27(3,4)30(20(2)31)25-23(28)12-9-13-24(25)29-26(32)21-10-7-6-8-11-21/h6-17H,18H2,1-5H3,(H,29,32). The summed E-state index contributed by atoms with van der Waals surface area (Å²) in [5, 5.41) is 3.07. The minimum absolute atomic E-state index is 0.0383. The Morgan fingerprint density at radius 2 is 1.53 bits per heavy atom. The van der Waals surface area contributed by atoms with E-state index < -0.39 is 5.54 Å². The van der Waals surface area contributed by atoms with Gasteiger partial charge in [-0.3, -0.25) is 9.59 Å². The van der Waals surface area contributed by atoms with Gasteiger partial charge >= 0.3 is 0 Å². The summed E-state index contributed by atoms with van der Waals surface area (Å²) < 4.78 is 0. The van der Waals surface area contributed by atoms with Gasteiger partial charge in [-0.1, -0.05) is 67.1 Å². The number of para-hydroxylation sites is 1. The van der Waals surface area contributed by atoms with Gasteiger partial charge < -0.3 is 10.2 Å². The van der Waals surface area contributed by atoms with Gasteiger partial charge in [0.05, 0.1) is 11.4 Å². The van der Waals surface area contributed by atoms with Gasteiger partial charge in [-0.05, 0) is 56.5 Å². The first-order valence-electron chi connectivity index (χ1n) is 11.0. The molecule has 1 atom stereocenters. The summed E-state index contributed by atoms with van der Waals surface area (Å²) in [6.07, 6.45) is 0.770. The van der Waals surface area contributed by atoms with Crippen LogP contribution in [0.25, 0.3) is 0 Å². The van der Waals surface area contributed by atoms with Crippen molar-refractivity contribution in [3.05, 3.63) is 95.1 Å². The van der Waals surface area contributed by atoms with Crippen molar-refractivity contribution in [3.8, 4) is 0 Å². The van der Waals surface area contributed by atoms with Crippen LogP contribution in [0.4, 0.5) is 11.4 Å². The zero-order chi connectivity index (χ0) is 23.1. The number of carbonyl (C=O) groups is 2. The van der Waals surface area contributed by atoms with Crippen molar-refractivity contribution in [2.45, 2.75) is 52.0 Å². The maximum Gasteiger partial charge on any atom is 0.255 e. The molecule has 0 bridgehead atoms. The van der Waals surface area contributed by atoms with Gasteiger partial charge in [0.25, 0.3) is 5.91 Å². The predicted octanol–water partition coefficient (Wildman–Crippen LogP) is 6.09. The topological polar surface area (TPSA) is 49.4 Å². The summed E-state index contributed by atoms with van der Waals surface area (Å²) in [7, 11) is 0. The monoisotopic (exact) mass is 426 g/mol. The van der Waals surface area contributed by atoms with Crippen molar-refractivity contribution in [3.63, 3.8) is 0 Å². The van der Waals surface area contributed by atoms with Crippen molar-refractivity contribution in [1.82, 2.24) is 0 Å². The van der Waals surface area contributed by atoms with Crippen molar-refractivity contribution >= 4 is 23.2 Å². The molecule has 1 aliphatic rings. The van der Waals surface area contributed by atoms with Crippen molar-refractivity contribution in [2.75, 3.05) is 10.2 Å². The number of rotatable bonds is 3. The number of nitrogens with zero attached hydrogens (tertiary/aromatic N) is 1. The average Bonchev–Trinajstić information content (AvgIpc) is 2.74. The molecule has 4 rings (SSSR count). The summed E-state index contributed by atoms with van der Waals surface area (Å²) in [5.74, 6) is -0.230. The quantitative estimate of drug-likeness (QED) is 0.551. The molecular weight excluding hydrogens is 396 g/mol. The van der Waals surface area contributed by atoms with Crippen LogP contribution in [0.1, 0.15) is 61.2 Å². The third-order valence-corrected chi connectivity index (χ3v) is 6.53. The molecule has 0 saturated carbocycles. The van der Waals surface area contributed by atoms with Gasteiger partial charge in [-0.2, -0.15) is 0 Å². The molecule has 2 amide bonds. The van der Waals surface area contributed by atoms with E-state index in [4.69, 9.17) is 0 Å². The average molecular weight is 427 g/mol. The Balaban J connectivity index is 1.90. The Kier molecular flexibility index (Phi) is 5.41. The van der Waals surface area contributed by atoms with E-state index in [9.17, 15) is 9.59 Å². The molecule has 4 heteroatoms. The number of hydrogen-bond donors (Lipinski definition) is 1. The van der Waals surface area contributed by atoms with E-state index in [2.05, 4.69) is 63.3 Å². The summed E-state index contributed by atoms with van der Waals surface area (Å²) in [6, 6.07) is 23.7. The first-order chi connectivity index (χ1) is 15.1. The van der Waals surface area contributed by atoms with E-state index in [-0.39, 0.29) is 17.2 Å². The Morgan fingerprint density at radius 3 is 2.16 bits per heavy atom. The van der Waals surface area contributed by atoms with Crippen LogP contribution >= 0.6 is 0 Å². The molecule has 0 aliphatic carbocycles. The molecule has 3 aromatic carbocycles. The second-order valence-electron chi connectivity index (χ2n) is 9.56. The molecule has 0 aromatic heterocycles. The first-order valence-corrected chi connectivity index (χ1v) is 11.0. The Morgan fingerprint density at radius 1 is 0.875 bits per heavy atom. The highest BCUT2D eigenvalue weighted by atomic mass is 16.2. The molecule has 1 heterocycles. The second kappa shape index (κ2) is 7.94. The highest BCUT2D eigenvalue weighted by molar-refractivity contribution is 6.08. The third kappa shape index (κ3) is 3.70. The molecule has 32 heavy (non-hydrogen) atoms. The molecule has 1 N–H and O–H groups in total. The van der Waals surface area contributed by atoms with Crippen molar-refractivity contribution < 1.29 is 9.59 Å². The van der Waals surface area contributed by atoms with Crippen LogP contribution in [0.2, 0.25) is 0 Å². The lowest BCUT2D eigenvalue weighted by atomic mass is 9.65. The largest absolute Gasteiger partial charge is 0.320 e. The smallest absolute Gasteiger partial charge is 0.255 e. The van der Waals surface area contributed by atoms with Crippen LogP contribution in [0.3, 0.4) is 0 Å². The number of fused-ring (bicyclic) bond motifs is 1. The lowest BCUT2D eigenvalue weighted by Gasteiger charge is -2.51. The Bertz CT molecular complexity index is 1170. The van der Waals surface area contributed by atoms with Crippen LogP contribution < -0.4 is 10.2 Å². The minimum Gasteiger partial charge on any atom is -0.320 e. The molecule has 0 radical (unpaired) electrons. The number of aryl methyl sites for hydroxylation is 1. The van der Waals surface area contributed by atoms with E-state index in [1.54, 1.807) is 19.1 Å². The van der Waals surface area contributed by atoms with Gasteiger partial charge in [0, 0.05) is 23.4 Å². The number of nitrogens with one attached hydrogen (secondary N) is 1. The SMILES string of the molecule is CC(=O)N1c2c(NC(=O)c3ccccc3)cccc2C(C)(c2ccc(C)cc2)CC1(C)C. The maximum atomic E-state index is 13.0. The zero-order valence-electron chi connectivity index (χ0n) is 19.4. The predicted molar refractivity (Wildman–Crippen MR) is 130 cm³/mol. The van der Waals surface area contributed by atoms with Crippen LogP contribution in [-0.4, -0.2) is 17.4 Å². The molecule has 0 spiro atoms. The van der Waals surface area contributed by atoms with E-state index in [1.807, 2.05) is 35.2 Å². The van der Waals surface area contributed by atoms with Gasteiger partial charge in [0.1, 0.15) is 0 Å². The number of carbonyl (C=O) groups excluding carboxylic acids is 2. The minimum atomic E-state index is -0.438. The number of benzene rings is 3. The summed E-state index contributed by atoms with van der Waals surface area (Å²) >= 11 is 0. The van der Waals surface area contributed by atoms with Gasteiger partial charge in [0.2, 0.25) is 5.91 Å². The molecule has 3 aromatic rings. The molecule has 1 aliphatic heterocycles. The Hall–Kier alpha value is -3.40. The number of amides is 2. The van der Waals surface area contributed by atoms with E-state index >= 15 is 0 Å². The fraction of sp³-hybridized carbons (Fsp3) is 0.286. The van der Waals surface area contributed by atoms with Crippen LogP contribution in [0, 0.1) is 6.92 Å². The van der Waals surface area contributed by atoms with E-state index in [0.717, 1.165) is 17.7 Å². The summed E-state index contributed by atoms with van der Waals surface area (Å²) in [6.45, 7) is 10.1. The van der Waals surface area contributed by atoms with Crippen molar-refractivity contribution in [2.24, 2.45) is 0 Å². The van der Waals surface area contributed by atoms with E-state index in [1.165, 1.54) is 11.1 Å². The lowest BCUT2D eigenvalue weighted by Crippen LogP contribution is -2.55. The highest BCUT2D eigenvalue weighted by Crippen LogP contribution is 2.52. The number of hydrogen-bond acceptors (Lipinski definition) is 2. The first kappa shape index (κ1) is 21.8. The zero-order valence-corrected chi connectivity index (χ0v) is 19.4. The van der Waals surface area contributed by atoms with Crippen LogP contribution in [0.15, 0.2) is 72.8 Å². The fourth-order valence-corrected chi connectivity index (χ4v) is 5.22. The molecule has 1 unspecified atom stereocenters. The van der Waals surface area contributed by atoms with Crippen LogP contribution in [0.5, 0.6) is 0 Å². The van der Waals surface area contributed by atoms with Crippen LogP contribution in [-0.2, 0) is 10.2 Å². The second-order valence-corrected chi connectivity index (χ2v) is 9.56. The molecule has 4 nitrogen and oxygen atoms in total. The van der Waals surface area contributed by atoms with Gasteiger partial charge in [-0.15, -0.1) is 0 Å².